The van der Waals surface area contributed by atoms with Crippen molar-refractivity contribution in [1.29, 1.82) is 0 Å². The third-order valence-corrected chi connectivity index (χ3v) is 16.0. The highest BCUT2D eigenvalue weighted by Crippen LogP contribution is 2.53. The van der Waals surface area contributed by atoms with E-state index in [2.05, 4.69) is 196 Å². The van der Waals surface area contributed by atoms with Crippen LogP contribution in [0.5, 0.6) is 0 Å². The van der Waals surface area contributed by atoms with Crippen molar-refractivity contribution in [2.24, 2.45) is 5.92 Å². The van der Waals surface area contributed by atoms with Gasteiger partial charge in [0.05, 0.1) is 11.4 Å². The van der Waals surface area contributed by atoms with Crippen molar-refractivity contribution in [1.82, 2.24) is 0 Å². The Bertz CT molecular complexity index is 3400. The topological polar surface area (TPSA) is 3.24 Å². The molecule has 302 valence electrons. The standard InChI is InChI=1S/C58H47NS3/c1-5-35(2)43-17-8-9-19-47(43)49-31-42(28-25-36(49)3)59-52-32-50-48-20-11-13-24-55(48)62-56(50)33-51(52)57-44(21-14-22-46(57)40-27-26-38-15-6-7-16-39(38)29-40)37(4)58(60)53(59)30-41-34-61-54-23-12-10-18-45(41)54/h6-7,9-16,18-35,60H,5,8,17H2,1-4H3/b53-30+,58-37-. The number of hydrogen-bond acceptors (Lipinski definition) is 4. The molecular formula is C58H47NS3. The molecule has 2 aromatic heterocycles. The molecule has 0 radical (unpaired) electrons. The van der Waals surface area contributed by atoms with Crippen molar-refractivity contribution in [3.8, 4) is 22.3 Å². The van der Waals surface area contributed by atoms with Crippen LogP contribution >= 0.6 is 35.3 Å². The van der Waals surface area contributed by atoms with E-state index in [-0.39, 0.29) is 0 Å². The van der Waals surface area contributed by atoms with Crippen molar-refractivity contribution in [2.75, 3.05) is 4.90 Å². The van der Waals surface area contributed by atoms with Crippen molar-refractivity contribution in [3.05, 3.63) is 195 Å². The quantitative estimate of drug-likeness (QED) is 0.163. The van der Waals surface area contributed by atoms with Crippen molar-refractivity contribution >= 4 is 105 Å². The van der Waals surface area contributed by atoms with E-state index in [0.29, 0.717) is 5.92 Å². The first kappa shape index (κ1) is 39.0. The van der Waals surface area contributed by atoms with Gasteiger partial charge >= 0.3 is 0 Å². The van der Waals surface area contributed by atoms with Crippen LogP contribution in [-0.2, 0) is 0 Å². The lowest BCUT2D eigenvalue weighted by Gasteiger charge is -2.35. The van der Waals surface area contributed by atoms with Crippen LogP contribution < -0.4 is 4.90 Å². The maximum Gasteiger partial charge on any atom is 0.0604 e. The largest absolute Gasteiger partial charge is 0.309 e. The fourth-order valence-electron chi connectivity index (χ4n) is 9.86. The Labute approximate surface area is 378 Å². The second-order valence-electron chi connectivity index (χ2n) is 17.0. The molecule has 0 saturated heterocycles. The molecule has 7 aromatic carbocycles. The summed E-state index contributed by atoms with van der Waals surface area (Å²) in [6.07, 6.45) is 10.5. The molecule has 4 heteroatoms. The number of thiophene rings is 2. The van der Waals surface area contributed by atoms with Crippen molar-refractivity contribution in [2.45, 2.75) is 47.0 Å². The summed E-state index contributed by atoms with van der Waals surface area (Å²) in [6.45, 7) is 9.26. The summed E-state index contributed by atoms with van der Waals surface area (Å²) >= 11 is 9.33. The number of nitrogens with zero attached hydrogens (tertiary/aromatic N) is 1. The Morgan fingerprint density at radius 1 is 0.694 bits per heavy atom. The van der Waals surface area contributed by atoms with E-state index in [1.807, 2.05) is 11.3 Å². The molecule has 62 heavy (non-hydrogen) atoms. The molecule has 0 N–H and O–H groups in total. The molecule has 1 unspecified atom stereocenters. The summed E-state index contributed by atoms with van der Waals surface area (Å²) in [4.78, 5) is 3.50. The number of aryl methyl sites for hydroxylation is 1. The minimum atomic E-state index is 0.516. The van der Waals surface area contributed by atoms with Gasteiger partial charge in [-0.25, -0.2) is 0 Å². The fourth-order valence-corrected chi connectivity index (χ4v) is 12.2. The van der Waals surface area contributed by atoms with Gasteiger partial charge in [-0.05, 0) is 159 Å². The van der Waals surface area contributed by atoms with Crippen LogP contribution in [0.15, 0.2) is 173 Å². The zero-order valence-electron chi connectivity index (χ0n) is 35.5. The predicted molar refractivity (Wildman–Crippen MR) is 277 cm³/mol. The van der Waals surface area contributed by atoms with E-state index >= 15 is 0 Å². The van der Waals surface area contributed by atoms with E-state index in [9.17, 15) is 0 Å². The second-order valence-corrected chi connectivity index (χ2v) is 19.4. The van der Waals surface area contributed by atoms with Gasteiger partial charge in [0.2, 0.25) is 0 Å². The average molecular weight is 854 g/mol. The highest BCUT2D eigenvalue weighted by molar-refractivity contribution is 7.85. The number of hydrogen-bond donors (Lipinski definition) is 1. The van der Waals surface area contributed by atoms with Crippen LogP contribution in [0.2, 0.25) is 0 Å². The monoisotopic (exact) mass is 853 g/mol. The molecule has 1 aliphatic carbocycles. The van der Waals surface area contributed by atoms with E-state index in [1.165, 1.54) is 91.1 Å². The minimum Gasteiger partial charge on any atom is -0.309 e. The van der Waals surface area contributed by atoms with Crippen LogP contribution in [0.25, 0.3) is 80.5 Å². The number of rotatable bonds is 6. The Morgan fingerprint density at radius 2 is 1.47 bits per heavy atom. The van der Waals surface area contributed by atoms with E-state index in [0.717, 1.165) is 46.8 Å². The fraction of sp³-hybridized carbons (Fsp3) is 0.138. The zero-order valence-corrected chi connectivity index (χ0v) is 38.0. The van der Waals surface area contributed by atoms with Crippen LogP contribution in [-0.4, -0.2) is 0 Å². The molecule has 0 amide bonds. The summed E-state index contributed by atoms with van der Waals surface area (Å²) in [6, 6.07) is 52.2. The number of benzene rings is 7. The Hall–Kier alpha value is -5.91. The highest BCUT2D eigenvalue weighted by Gasteiger charge is 2.30. The molecule has 0 saturated carbocycles. The second kappa shape index (κ2) is 15.8. The average Bonchev–Trinajstić information content (AvgIpc) is 3.90. The molecule has 1 nitrogen and oxygen atoms in total. The van der Waals surface area contributed by atoms with Gasteiger partial charge in [-0.2, -0.15) is 0 Å². The Balaban J connectivity index is 1.28. The number of thiol groups is 1. The lowest BCUT2D eigenvalue weighted by molar-refractivity contribution is 0.625. The third kappa shape index (κ3) is 6.51. The first-order chi connectivity index (χ1) is 30.4. The normalized spacial score (nSPS) is 16.7. The number of anilines is 2. The highest BCUT2D eigenvalue weighted by atomic mass is 32.1. The Kier molecular flexibility index (Phi) is 9.91. The summed E-state index contributed by atoms with van der Waals surface area (Å²) in [5.74, 6) is 0.516. The molecule has 0 fully saturated rings. The molecule has 0 spiro atoms. The van der Waals surface area contributed by atoms with E-state index in [4.69, 9.17) is 12.6 Å². The SMILES string of the molecule is CCC(C)C1=C(c2cc(N3C(=C/c4csc5ccccc45)/C(S)=C(\C)c4cccc(-c5ccc6ccccc6c5)c4-c4cc5sc6ccccc6c5cc43)ccc2C)C=CCC1. The minimum absolute atomic E-state index is 0.516. The van der Waals surface area contributed by atoms with E-state index in [1.54, 1.807) is 16.9 Å². The smallest absolute Gasteiger partial charge is 0.0604 e. The molecule has 9 aromatic rings. The van der Waals surface area contributed by atoms with Crippen molar-refractivity contribution in [3.63, 3.8) is 0 Å². The number of allylic oxidation sites excluding steroid dienone is 5. The van der Waals surface area contributed by atoms with Gasteiger partial charge in [0.1, 0.15) is 0 Å². The lowest BCUT2D eigenvalue weighted by Crippen LogP contribution is -2.20. The molecule has 0 bridgehead atoms. The Morgan fingerprint density at radius 3 is 2.32 bits per heavy atom. The van der Waals surface area contributed by atoms with E-state index < -0.39 is 0 Å². The van der Waals surface area contributed by atoms with Gasteiger partial charge in [-0.15, -0.1) is 35.3 Å². The summed E-state index contributed by atoms with van der Waals surface area (Å²) < 4.78 is 3.86. The number of fused-ring (bicyclic) bond motifs is 8. The van der Waals surface area contributed by atoms with Gasteiger partial charge < -0.3 is 4.90 Å². The summed E-state index contributed by atoms with van der Waals surface area (Å²) in [7, 11) is 0. The zero-order chi connectivity index (χ0) is 42.1. The molecule has 2 aliphatic rings. The maximum atomic E-state index is 5.65. The van der Waals surface area contributed by atoms with Crippen molar-refractivity contribution < 1.29 is 0 Å². The molecule has 3 heterocycles. The van der Waals surface area contributed by atoms with Gasteiger partial charge in [-0.1, -0.05) is 129 Å². The van der Waals surface area contributed by atoms with Gasteiger partial charge in [0.25, 0.3) is 0 Å². The first-order valence-corrected chi connectivity index (χ1v) is 24.0. The van der Waals surface area contributed by atoms with Crippen LogP contribution in [0.3, 0.4) is 0 Å². The summed E-state index contributed by atoms with van der Waals surface area (Å²) in [5.41, 5.74) is 17.3. The molecular weight excluding hydrogens is 807 g/mol. The molecule has 1 aliphatic heterocycles. The predicted octanol–water partition coefficient (Wildman–Crippen LogP) is 18.1. The molecule has 11 rings (SSSR count). The first-order valence-electron chi connectivity index (χ1n) is 21.8. The lowest BCUT2D eigenvalue weighted by atomic mass is 9.82. The van der Waals surface area contributed by atoms with Crippen LogP contribution in [0, 0.1) is 12.8 Å². The van der Waals surface area contributed by atoms with Crippen LogP contribution in [0.4, 0.5) is 11.4 Å². The van der Waals surface area contributed by atoms with Gasteiger partial charge in [0.15, 0.2) is 0 Å². The third-order valence-electron chi connectivity index (χ3n) is 13.4. The molecule has 1 atom stereocenters. The summed E-state index contributed by atoms with van der Waals surface area (Å²) in [5, 5.41) is 8.60. The maximum absolute atomic E-state index is 5.65. The van der Waals surface area contributed by atoms with Gasteiger partial charge in [0, 0.05) is 41.0 Å². The van der Waals surface area contributed by atoms with Crippen LogP contribution in [0.1, 0.15) is 62.3 Å². The van der Waals surface area contributed by atoms with Gasteiger partial charge in [-0.3, -0.25) is 0 Å².